The number of nitrogen functional groups attached to an aromatic ring is 1. The Morgan fingerprint density at radius 3 is 2.89 bits per heavy atom. The number of hydrogen-bond donors (Lipinski definition) is 1. The third kappa shape index (κ3) is 2.85. The molecule has 0 bridgehead atoms. The number of aromatic nitrogens is 3. The molecule has 0 aliphatic heterocycles. The molecule has 2 aromatic rings. The number of carbonyl (C=O) groups is 1. The van der Waals surface area contributed by atoms with E-state index in [1.165, 1.54) is 4.68 Å². The average Bonchev–Trinajstić information content (AvgIpc) is 2.78. The van der Waals surface area contributed by atoms with E-state index in [2.05, 4.69) is 10.1 Å². The molecule has 6 nitrogen and oxygen atoms in total. The highest BCUT2D eigenvalue weighted by Crippen LogP contribution is 2.17. The topological polar surface area (TPSA) is 83.0 Å². The van der Waals surface area contributed by atoms with Gasteiger partial charge in [0.25, 0.3) is 0 Å². The Hall–Kier alpha value is -2.37. The zero-order valence-corrected chi connectivity index (χ0v) is 10.0. The molecule has 0 fully saturated rings. The molecule has 2 aromatic heterocycles. The van der Waals surface area contributed by atoms with E-state index in [0.29, 0.717) is 12.4 Å². The summed E-state index contributed by atoms with van der Waals surface area (Å²) < 4.78 is 6.38. The van der Waals surface area contributed by atoms with Crippen LogP contribution in [-0.2, 0) is 16.1 Å². The normalized spacial score (nSPS) is 10.3. The monoisotopic (exact) mass is 246 g/mol. The molecule has 0 saturated carbocycles. The molecule has 0 saturated heterocycles. The number of hydrogen-bond acceptors (Lipinski definition) is 5. The van der Waals surface area contributed by atoms with Gasteiger partial charge in [0.15, 0.2) is 0 Å². The van der Waals surface area contributed by atoms with Crippen LogP contribution in [0.4, 0.5) is 5.82 Å². The van der Waals surface area contributed by atoms with Gasteiger partial charge in [-0.05, 0) is 19.1 Å². The minimum absolute atomic E-state index is 0.107. The van der Waals surface area contributed by atoms with Crippen molar-refractivity contribution in [3.63, 3.8) is 0 Å². The van der Waals surface area contributed by atoms with Crippen LogP contribution in [0.1, 0.15) is 6.92 Å². The third-order valence-corrected chi connectivity index (χ3v) is 2.35. The zero-order valence-electron chi connectivity index (χ0n) is 10.0. The molecule has 0 amide bonds. The van der Waals surface area contributed by atoms with Crippen molar-refractivity contribution in [2.45, 2.75) is 13.5 Å². The van der Waals surface area contributed by atoms with E-state index in [0.717, 1.165) is 11.1 Å². The van der Waals surface area contributed by atoms with E-state index >= 15 is 0 Å². The van der Waals surface area contributed by atoms with Gasteiger partial charge in [-0.1, -0.05) is 0 Å². The molecule has 0 aliphatic carbocycles. The Bertz CT molecular complexity index is 533. The first-order valence-electron chi connectivity index (χ1n) is 5.59. The van der Waals surface area contributed by atoms with Crippen LogP contribution in [-0.4, -0.2) is 27.3 Å². The van der Waals surface area contributed by atoms with Gasteiger partial charge in [0, 0.05) is 23.5 Å². The smallest absolute Gasteiger partial charge is 0.327 e. The molecule has 6 heteroatoms. The van der Waals surface area contributed by atoms with Gasteiger partial charge < -0.3 is 10.5 Å². The number of anilines is 1. The maximum atomic E-state index is 11.3. The molecule has 2 heterocycles. The number of ether oxygens (including phenoxy) is 1. The molecular formula is C12H14N4O2. The first kappa shape index (κ1) is 12.1. The van der Waals surface area contributed by atoms with E-state index in [9.17, 15) is 4.79 Å². The van der Waals surface area contributed by atoms with E-state index in [1.54, 1.807) is 31.6 Å². The van der Waals surface area contributed by atoms with Crippen LogP contribution in [0.5, 0.6) is 0 Å². The fourth-order valence-electron chi connectivity index (χ4n) is 1.51. The predicted octanol–water partition coefficient (Wildman–Crippen LogP) is 1.09. The molecule has 0 atom stereocenters. The van der Waals surface area contributed by atoms with Crippen LogP contribution >= 0.6 is 0 Å². The Kier molecular flexibility index (Phi) is 3.57. The number of nitrogens with two attached hydrogens (primary N) is 1. The van der Waals surface area contributed by atoms with Crippen LogP contribution in [0.25, 0.3) is 11.1 Å². The number of carbonyl (C=O) groups excluding carboxylic acids is 1. The van der Waals surface area contributed by atoms with Crippen LogP contribution in [0.15, 0.2) is 30.7 Å². The largest absolute Gasteiger partial charge is 0.465 e. The van der Waals surface area contributed by atoms with Crippen LogP contribution in [0, 0.1) is 0 Å². The summed E-state index contributed by atoms with van der Waals surface area (Å²) in [6.07, 6.45) is 5.11. The lowest BCUT2D eigenvalue weighted by Crippen LogP contribution is -2.13. The molecule has 2 rings (SSSR count). The van der Waals surface area contributed by atoms with E-state index < -0.39 is 0 Å². The number of nitrogens with zero attached hydrogens (tertiary/aromatic N) is 3. The first-order chi connectivity index (χ1) is 8.69. The molecule has 94 valence electrons. The van der Waals surface area contributed by atoms with E-state index in [-0.39, 0.29) is 12.5 Å². The van der Waals surface area contributed by atoms with Crippen molar-refractivity contribution in [1.82, 2.24) is 14.8 Å². The molecular weight excluding hydrogens is 232 g/mol. The van der Waals surface area contributed by atoms with Crippen molar-refractivity contribution in [2.24, 2.45) is 0 Å². The fraction of sp³-hybridized carbons (Fsp3) is 0.250. The number of esters is 1. The highest BCUT2D eigenvalue weighted by atomic mass is 16.5. The molecule has 18 heavy (non-hydrogen) atoms. The minimum atomic E-state index is -0.303. The summed E-state index contributed by atoms with van der Waals surface area (Å²) in [5.41, 5.74) is 7.30. The molecule has 0 spiro atoms. The van der Waals surface area contributed by atoms with Gasteiger partial charge >= 0.3 is 5.97 Å². The summed E-state index contributed by atoms with van der Waals surface area (Å²) in [4.78, 5) is 15.3. The Labute approximate surface area is 104 Å². The summed E-state index contributed by atoms with van der Waals surface area (Å²) in [5.74, 6) is 0.167. The second-order valence-electron chi connectivity index (χ2n) is 3.70. The van der Waals surface area contributed by atoms with E-state index in [4.69, 9.17) is 10.5 Å². The maximum Gasteiger partial charge on any atom is 0.327 e. The second kappa shape index (κ2) is 5.31. The van der Waals surface area contributed by atoms with Crippen LogP contribution < -0.4 is 5.73 Å². The molecule has 0 unspecified atom stereocenters. The maximum absolute atomic E-state index is 11.3. The fourth-order valence-corrected chi connectivity index (χ4v) is 1.51. The lowest BCUT2D eigenvalue weighted by molar-refractivity contribution is -0.144. The summed E-state index contributed by atoms with van der Waals surface area (Å²) in [6.45, 7) is 2.25. The Morgan fingerprint density at radius 1 is 1.39 bits per heavy atom. The van der Waals surface area contributed by atoms with Crippen molar-refractivity contribution in [1.29, 1.82) is 0 Å². The van der Waals surface area contributed by atoms with Crippen LogP contribution in [0.3, 0.4) is 0 Å². The zero-order chi connectivity index (χ0) is 13.0. The minimum Gasteiger partial charge on any atom is -0.465 e. The summed E-state index contributed by atoms with van der Waals surface area (Å²) >= 11 is 0. The van der Waals surface area contributed by atoms with Crippen molar-refractivity contribution in [3.05, 3.63) is 30.7 Å². The van der Waals surface area contributed by atoms with Gasteiger partial charge in [0.05, 0.1) is 12.8 Å². The highest BCUT2D eigenvalue weighted by molar-refractivity contribution is 5.69. The van der Waals surface area contributed by atoms with Gasteiger partial charge in [0.2, 0.25) is 0 Å². The second-order valence-corrected chi connectivity index (χ2v) is 3.70. The Balaban J connectivity index is 2.10. The predicted molar refractivity (Wildman–Crippen MR) is 66.5 cm³/mol. The third-order valence-electron chi connectivity index (χ3n) is 2.35. The lowest BCUT2D eigenvalue weighted by atomic mass is 10.2. The number of rotatable bonds is 4. The van der Waals surface area contributed by atoms with E-state index in [1.807, 2.05) is 6.07 Å². The standard InChI is InChI=1S/C12H14N4O2/c1-2-18-12(17)8-16-7-10(6-15-16)9-3-4-11(13)14-5-9/h3-7H,2,8H2,1H3,(H2,13,14). The lowest BCUT2D eigenvalue weighted by Gasteiger charge is -2.01. The van der Waals surface area contributed by atoms with Gasteiger partial charge in [-0.25, -0.2) is 4.98 Å². The summed E-state index contributed by atoms with van der Waals surface area (Å²) in [5, 5.41) is 4.09. The molecule has 0 aromatic carbocycles. The average molecular weight is 246 g/mol. The van der Waals surface area contributed by atoms with Crippen molar-refractivity contribution < 1.29 is 9.53 Å². The van der Waals surface area contributed by atoms with Crippen molar-refractivity contribution in [3.8, 4) is 11.1 Å². The van der Waals surface area contributed by atoms with Crippen molar-refractivity contribution >= 4 is 11.8 Å². The summed E-state index contributed by atoms with van der Waals surface area (Å²) in [7, 11) is 0. The summed E-state index contributed by atoms with van der Waals surface area (Å²) in [6, 6.07) is 3.58. The van der Waals surface area contributed by atoms with Crippen molar-refractivity contribution in [2.75, 3.05) is 12.3 Å². The van der Waals surface area contributed by atoms with Gasteiger partial charge in [0.1, 0.15) is 12.4 Å². The molecule has 0 radical (unpaired) electrons. The highest BCUT2D eigenvalue weighted by Gasteiger charge is 2.06. The molecule has 0 aliphatic rings. The SMILES string of the molecule is CCOC(=O)Cn1cc(-c2ccc(N)nc2)cn1. The quantitative estimate of drug-likeness (QED) is 0.816. The van der Waals surface area contributed by atoms with Gasteiger partial charge in [-0.15, -0.1) is 0 Å². The number of pyridine rings is 1. The van der Waals surface area contributed by atoms with Crippen LogP contribution in [0.2, 0.25) is 0 Å². The molecule has 2 N–H and O–H groups in total. The van der Waals surface area contributed by atoms with Gasteiger partial charge in [-0.2, -0.15) is 5.10 Å². The first-order valence-corrected chi connectivity index (χ1v) is 5.59. The Morgan fingerprint density at radius 2 is 2.22 bits per heavy atom. The van der Waals surface area contributed by atoms with Gasteiger partial charge in [-0.3, -0.25) is 9.48 Å².